The Labute approximate surface area is 109 Å². The van der Waals surface area contributed by atoms with E-state index in [0.29, 0.717) is 12.2 Å². The van der Waals surface area contributed by atoms with E-state index in [0.717, 1.165) is 5.56 Å². The van der Waals surface area contributed by atoms with Gasteiger partial charge >= 0.3 is 0 Å². The summed E-state index contributed by atoms with van der Waals surface area (Å²) in [4.78, 5) is 0. The predicted molar refractivity (Wildman–Crippen MR) is 73.7 cm³/mol. The zero-order valence-electron chi connectivity index (χ0n) is 11.1. The molecule has 4 nitrogen and oxygen atoms in total. The molecular weight excluding hydrogens is 250 g/mol. The maximum atomic E-state index is 11.9. The third-order valence-corrected chi connectivity index (χ3v) is 4.67. The topological polar surface area (TPSA) is 55.4 Å². The molecule has 0 heterocycles. The molecule has 0 spiro atoms. The molecule has 1 rings (SSSR count). The van der Waals surface area contributed by atoms with Crippen LogP contribution in [0.3, 0.4) is 0 Å². The summed E-state index contributed by atoms with van der Waals surface area (Å²) >= 11 is 0. The van der Waals surface area contributed by atoms with Crippen LogP contribution in [0.5, 0.6) is 5.75 Å². The van der Waals surface area contributed by atoms with Crippen molar-refractivity contribution in [2.75, 3.05) is 25.7 Å². The molecule has 102 valence electrons. The molecule has 5 heteroatoms. The van der Waals surface area contributed by atoms with E-state index in [1.54, 1.807) is 14.2 Å². The largest absolute Gasteiger partial charge is 0.496 e. The van der Waals surface area contributed by atoms with Crippen molar-refractivity contribution in [1.82, 2.24) is 5.32 Å². The molecule has 0 aliphatic carbocycles. The first kappa shape index (κ1) is 15.0. The molecule has 0 aliphatic heterocycles. The van der Waals surface area contributed by atoms with Crippen LogP contribution in [-0.4, -0.2) is 34.1 Å². The summed E-state index contributed by atoms with van der Waals surface area (Å²) in [5.74, 6) is 1.03. The molecule has 1 unspecified atom stereocenters. The number of rotatable bonds is 7. The Hall–Kier alpha value is -1.07. The van der Waals surface area contributed by atoms with E-state index in [4.69, 9.17) is 4.74 Å². The van der Waals surface area contributed by atoms with Crippen molar-refractivity contribution in [3.63, 3.8) is 0 Å². The van der Waals surface area contributed by atoms with E-state index < -0.39 is 9.84 Å². The van der Waals surface area contributed by atoms with Crippen LogP contribution in [0.1, 0.15) is 24.9 Å². The van der Waals surface area contributed by atoms with Gasteiger partial charge in [-0.05, 0) is 19.5 Å². The molecule has 0 fully saturated rings. The van der Waals surface area contributed by atoms with E-state index in [1.165, 1.54) is 0 Å². The van der Waals surface area contributed by atoms with Gasteiger partial charge in [0.15, 0.2) is 9.84 Å². The molecule has 1 N–H and O–H groups in total. The van der Waals surface area contributed by atoms with E-state index in [2.05, 4.69) is 5.32 Å². The third kappa shape index (κ3) is 3.99. The van der Waals surface area contributed by atoms with Crippen LogP contribution < -0.4 is 10.1 Å². The number of hydrogen-bond donors (Lipinski definition) is 1. The van der Waals surface area contributed by atoms with Crippen LogP contribution in [0, 0.1) is 0 Å². The molecular formula is C13H21NO3S. The molecule has 1 aromatic carbocycles. The Morgan fingerprint density at radius 1 is 1.33 bits per heavy atom. The highest BCUT2D eigenvalue weighted by atomic mass is 32.2. The monoisotopic (exact) mass is 271 g/mol. The minimum atomic E-state index is -3.03. The number of sulfone groups is 1. The second-order valence-electron chi connectivity index (χ2n) is 4.20. The summed E-state index contributed by atoms with van der Waals surface area (Å²) in [6.07, 6.45) is 0.644. The van der Waals surface area contributed by atoms with Gasteiger partial charge in [-0.1, -0.05) is 25.1 Å². The quantitative estimate of drug-likeness (QED) is 0.821. The molecule has 0 amide bonds. The molecule has 18 heavy (non-hydrogen) atoms. The van der Waals surface area contributed by atoms with Gasteiger partial charge in [0.2, 0.25) is 0 Å². The zero-order valence-corrected chi connectivity index (χ0v) is 12.0. The molecule has 0 saturated carbocycles. The molecule has 1 aromatic rings. The van der Waals surface area contributed by atoms with Crippen molar-refractivity contribution in [3.8, 4) is 5.75 Å². The predicted octanol–water partition coefficient (Wildman–Crippen LogP) is 1.78. The second-order valence-corrected chi connectivity index (χ2v) is 6.43. The third-order valence-electron chi connectivity index (χ3n) is 2.80. The zero-order chi connectivity index (χ0) is 13.6. The van der Waals surface area contributed by atoms with Crippen LogP contribution in [0.15, 0.2) is 24.3 Å². The van der Waals surface area contributed by atoms with Crippen LogP contribution in [0.25, 0.3) is 0 Å². The van der Waals surface area contributed by atoms with Gasteiger partial charge in [0.05, 0.1) is 12.9 Å². The van der Waals surface area contributed by atoms with Gasteiger partial charge in [0.25, 0.3) is 0 Å². The Kier molecular flexibility index (Phi) is 5.62. The van der Waals surface area contributed by atoms with Crippen molar-refractivity contribution < 1.29 is 13.2 Å². The lowest BCUT2D eigenvalue weighted by Gasteiger charge is -2.19. The smallest absolute Gasteiger partial charge is 0.152 e. The van der Waals surface area contributed by atoms with E-state index in [1.807, 2.05) is 31.2 Å². The fourth-order valence-electron chi connectivity index (χ4n) is 1.93. The number of ether oxygens (including phenoxy) is 1. The van der Waals surface area contributed by atoms with Gasteiger partial charge in [0, 0.05) is 17.4 Å². The molecule has 0 aromatic heterocycles. The highest BCUT2D eigenvalue weighted by Crippen LogP contribution is 2.25. The van der Waals surface area contributed by atoms with Crippen molar-refractivity contribution in [1.29, 1.82) is 0 Å². The first-order chi connectivity index (χ1) is 8.54. The van der Waals surface area contributed by atoms with Crippen molar-refractivity contribution in [2.45, 2.75) is 19.4 Å². The van der Waals surface area contributed by atoms with Crippen LogP contribution in [-0.2, 0) is 9.84 Å². The Bertz CT molecular complexity index is 471. The summed E-state index contributed by atoms with van der Waals surface area (Å²) in [5, 5.41) is 3.05. The summed E-state index contributed by atoms with van der Waals surface area (Å²) in [6, 6.07) is 7.25. The number of hydrogen-bond acceptors (Lipinski definition) is 4. The average molecular weight is 271 g/mol. The van der Waals surface area contributed by atoms with Gasteiger partial charge in [-0.15, -0.1) is 0 Å². The van der Waals surface area contributed by atoms with Gasteiger partial charge in [-0.2, -0.15) is 0 Å². The summed E-state index contributed by atoms with van der Waals surface area (Å²) in [5.41, 5.74) is 0.877. The lowest BCUT2D eigenvalue weighted by atomic mass is 10.1. The molecule has 0 bridgehead atoms. The van der Waals surface area contributed by atoms with Crippen LogP contribution in [0.4, 0.5) is 0 Å². The van der Waals surface area contributed by atoms with E-state index in [-0.39, 0.29) is 17.5 Å². The average Bonchev–Trinajstić information content (AvgIpc) is 2.36. The van der Waals surface area contributed by atoms with Crippen molar-refractivity contribution in [3.05, 3.63) is 29.8 Å². The maximum Gasteiger partial charge on any atom is 0.152 e. The number of nitrogens with one attached hydrogen (secondary N) is 1. The van der Waals surface area contributed by atoms with Crippen molar-refractivity contribution >= 4 is 9.84 Å². The van der Waals surface area contributed by atoms with Gasteiger partial charge in [-0.3, -0.25) is 0 Å². The summed E-state index contributed by atoms with van der Waals surface area (Å²) in [7, 11) is 0.318. The first-order valence-corrected chi connectivity index (χ1v) is 7.86. The Balaban J connectivity index is 2.96. The second kappa shape index (κ2) is 6.75. The number of benzene rings is 1. The molecule has 0 radical (unpaired) electrons. The fourth-order valence-corrected chi connectivity index (χ4v) is 3.57. The lowest BCUT2D eigenvalue weighted by Crippen LogP contribution is -2.27. The van der Waals surface area contributed by atoms with Crippen molar-refractivity contribution in [2.24, 2.45) is 0 Å². The SMILES string of the molecule is CCCS(=O)(=O)CC(NC)c1ccccc1OC. The van der Waals surface area contributed by atoms with Gasteiger partial charge in [0.1, 0.15) is 5.75 Å². The molecule has 0 aliphatic rings. The lowest BCUT2D eigenvalue weighted by molar-refractivity contribution is 0.404. The number of para-hydroxylation sites is 1. The Morgan fingerprint density at radius 2 is 2.00 bits per heavy atom. The number of methoxy groups -OCH3 is 1. The van der Waals surface area contributed by atoms with E-state index in [9.17, 15) is 8.42 Å². The van der Waals surface area contributed by atoms with Gasteiger partial charge < -0.3 is 10.1 Å². The summed E-state index contributed by atoms with van der Waals surface area (Å²) in [6.45, 7) is 1.87. The summed E-state index contributed by atoms with van der Waals surface area (Å²) < 4.78 is 29.1. The fraction of sp³-hybridized carbons (Fsp3) is 0.538. The first-order valence-electron chi connectivity index (χ1n) is 6.04. The minimum absolute atomic E-state index is 0.0950. The highest BCUT2D eigenvalue weighted by molar-refractivity contribution is 7.91. The van der Waals surface area contributed by atoms with Crippen LogP contribution >= 0.6 is 0 Å². The normalized spacial score (nSPS) is 13.3. The standard InChI is InChI=1S/C13H21NO3S/c1-4-9-18(15,16)10-12(14-2)11-7-5-6-8-13(11)17-3/h5-8,12,14H,4,9-10H2,1-3H3. The van der Waals surface area contributed by atoms with E-state index >= 15 is 0 Å². The Morgan fingerprint density at radius 3 is 2.56 bits per heavy atom. The maximum absolute atomic E-state index is 11.9. The van der Waals surface area contributed by atoms with Gasteiger partial charge in [-0.25, -0.2) is 8.42 Å². The molecule has 1 atom stereocenters. The minimum Gasteiger partial charge on any atom is -0.496 e. The molecule has 0 saturated heterocycles. The highest BCUT2D eigenvalue weighted by Gasteiger charge is 2.21. The van der Waals surface area contributed by atoms with Crippen LogP contribution in [0.2, 0.25) is 0 Å².